The van der Waals surface area contributed by atoms with Crippen LogP contribution >= 0.6 is 0 Å². The van der Waals surface area contributed by atoms with Crippen molar-refractivity contribution in [2.75, 3.05) is 13.6 Å². The zero-order valence-electron chi connectivity index (χ0n) is 19.7. The molecule has 7 nitrogen and oxygen atoms in total. The van der Waals surface area contributed by atoms with Gasteiger partial charge in [-0.05, 0) is 63.5 Å². The van der Waals surface area contributed by atoms with Gasteiger partial charge in [0, 0.05) is 26.2 Å². The van der Waals surface area contributed by atoms with Gasteiger partial charge in [0.1, 0.15) is 12.4 Å². The summed E-state index contributed by atoms with van der Waals surface area (Å²) >= 11 is 0. The first kappa shape index (κ1) is 22.6. The average molecular weight is 441 g/mol. The van der Waals surface area contributed by atoms with Crippen LogP contribution in [0.5, 0.6) is 5.75 Å². The number of rotatable bonds is 7. The maximum atomic E-state index is 12.5. The second kappa shape index (κ2) is 10.4. The molecular formula is C25H36N4O3. The summed E-state index contributed by atoms with van der Waals surface area (Å²) in [7, 11) is 3.68. The molecule has 7 heteroatoms. The molecule has 174 valence electrons. The van der Waals surface area contributed by atoms with Gasteiger partial charge in [-0.2, -0.15) is 5.10 Å². The van der Waals surface area contributed by atoms with Gasteiger partial charge in [0.2, 0.25) is 0 Å². The maximum absolute atomic E-state index is 12.5. The van der Waals surface area contributed by atoms with E-state index in [0.717, 1.165) is 47.8 Å². The van der Waals surface area contributed by atoms with Crippen molar-refractivity contribution in [2.24, 2.45) is 13.0 Å². The van der Waals surface area contributed by atoms with E-state index in [9.17, 15) is 4.79 Å². The highest BCUT2D eigenvalue weighted by molar-refractivity contribution is 5.68. The molecule has 2 fully saturated rings. The molecule has 2 saturated carbocycles. The predicted molar refractivity (Wildman–Crippen MR) is 123 cm³/mol. The second-order valence-corrected chi connectivity index (χ2v) is 9.37. The van der Waals surface area contributed by atoms with Crippen molar-refractivity contribution in [1.29, 1.82) is 0 Å². The molecule has 2 aliphatic carbocycles. The Morgan fingerprint density at radius 3 is 2.56 bits per heavy atom. The molecule has 2 aromatic rings. The molecule has 0 spiro atoms. The standard InChI is InChI=1S/C25H36N4O3/c1-18-24(32-20-11-5-4-6-12-20)14-13-22(27-18)21-15-26-29(3)23(21)17-31-25(30)28(2)16-19-9-7-8-10-19/h13-15,19-20H,4-12,16-17H2,1-3H3. The lowest BCUT2D eigenvalue weighted by Gasteiger charge is -2.23. The normalized spacial score (nSPS) is 17.5. The minimum Gasteiger partial charge on any atom is -0.489 e. The molecule has 0 atom stereocenters. The van der Waals surface area contributed by atoms with Gasteiger partial charge in [-0.3, -0.25) is 4.68 Å². The Labute approximate surface area is 191 Å². The fourth-order valence-corrected chi connectivity index (χ4v) is 4.93. The van der Waals surface area contributed by atoms with Gasteiger partial charge in [0.25, 0.3) is 0 Å². The summed E-state index contributed by atoms with van der Waals surface area (Å²) in [4.78, 5) is 19.0. The maximum Gasteiger partial charge on any atom is 0.409 e. The van der Waals surface area contributed by atoms with E-state index in [2.05, 4.69) is 5.10 Å². The first-order valence-electron chi connectivity index (χ1n) is 12.0. The van der Waals surface area contributed by atoms with Gasteiger partial charge in [-0.1, -0.05) is 19.3 Å². The first-order chi connectivity index (χ1) is 15.5. The van der Waals surface area contributed by atoms with Crippen LogP contribution in [0.4, 0.5) is 4.79 Å². The molecule has 0 saturated heterocycles. The average Bonchev–Trinajstić information content (AvgIpc) is 3.43. The topological polar surface area (TPSA) is 69.5 Å². The first-order valence-corrected chi connectivity index (χ1v) is 12.0. The second-order valence-electron chi connectivity index (χ2n) is 9.37. The van der Waals surface area contributed by atoms with Crippen LogP contribution in [0, 0.1) is 12.8 Å². The summed E-state index contributed by atoms with van der Waals surface area (Å²) in [6, 6.07) is 3.98. The summed E-state index contributed by atoms with van der Waals surface area (Å²) < 4.78 is 13.6. The highest BCUT2D eigenvalue weighted by atomic mass is 16.6. The van der Waals surface area contributed by atoms with Crippen LogP contribution in [0.15, 0.2) is 18.3 Å². The third kappa shape index (κ3) is 5.43. The van der Waals surface area contributed by atoms with Crippen molar-refractivity contribution in [3.05, 3.63) is 29.7 Å². The monoisotopic (exact) mass is 440 g/mol. The Balaban J connectivity index is 1.40. The van der Waals surface area contributed by atoms with Crippen molar-refractivity contribution in [1.82, 2.24) is 19.7 Å². The molecule has 2 aliphatic rings. The van der Waals surface area contributed by atoms with Gasteiger partial charge in [-0.15, -0.1) is 0 Å². The highest BCUT2D eigenvalue weighted by Gasteiger charge is 2.22. The Kier molecular flexibility index (Phi) is 7.33. The van der Waals surface area contributed by atoms with Gasteiger partial charge in [0.15, 0.2) is 0 Å². The van der Waals surface area contributed by atoms with E-state index in [0.29, 0.717) is 12.0 Å². The molecule has 0 bridgehead atoms. The van der Waals surface area contributed by atoms with Crippen LogP contribution in [-0.4, -0.2) is 45.5 Å². The van der Waals surface area contributed by atoms with E-state index < -0.39 is 0 Å². The van der Waals surface area contributed by atoms with Gasteiger partial charge >= 0.3 is 6.09 Å². The third-order valence-electron chi connectivity index (χ3n) is 6.87. The van der Waals surface area contributed by atoms with E-state index in [1.807, 2.05) is 33.2 Å². The lowest BCUT2D eigenvalue weighted by atomic mass is 9.98. The third-order valence-corrected chi connectivity index (χ3v) is 6.87. The molecule has 2 aromatic heterocycles. The Morgan fingerprint density at radius 1 is 1.12 bits per heavy atom. The van der Waals surface area contributed by atoms with E-state index >= 15 is 0 Å². The minimum absolute atomic E-state index is 0.167. The zero-order chi connectivity index (χ0) is 22.5. The SMILES string of the molecule is Cc1nc(-c2cnn(C)c2COC(=O)N(C)CC2CCCC2)ccc1OC1CCCCC1. The number of amides is 1. The van der Waals surface area contributed by atoms with Crippen molar-refractivity contribution < 1.29 is 14.3 Å². The number of carbonyl (C=O) groups excluding carboxylic acids is 1. The van der Waals surface area contributed by atoms with Crippen molar-refractivity contribution in [3.8, 4) is 17.0 Å². The number of aromatic nitrogens is 3. The summed E-state index contributed by atoms with van der Waals surface area (Å²) in [5, 5.41) is 4.39. The Morgan fingerprint density at radius 2 is 1.84 bits per heavy atom. The van der Waals surface area contributed by atoms with Gasteiger partial charge in [0.05, 0.1) is 29.4 Å². The summed E-state index contributed by atoms with van der Waals surface area (Å²) in [6.45, 7) is 2.91. The van der Waals surface area contributed by atoms with Crippen LogP contribution in [0.2, 0.25) is 0 Å². The minimum atomic E-state index is -0.288. The van der Waals surface area contributed by atoms with Crippen molar-refractivity contribution in [2.45, 2.75) is 77.4 Å². The molecule has 32 heavy (non-hydrogen) atoms. The lowest BCUT2D eigenvalue weighted by Crippen LogP contribution is -2.31. The van der Waals surface area contributed by atoms with Gasteiger partial charge in [-0.25, -0.2) is 9.78 Å². The summed E-state index contributed by atoms with van der Waals surface area (Å²) in [5.41, 5.74) is 3.40. The molecule has 0 N–H and O–H groups in total. The quantitative estimate of drug-likeness (QED) is 0.587. The molecule has 1 amide bonds. The number of ether oxygens (including phenoxy) is 2. The molecule has 0 aromatic carbocycles. The smallest absolute Gasteiger partial charge is 0.409 e. The molecule has 0 radical (unpaired) electrons. The van der Waals surface area contributed by atoms with Gasteiger partial charge < -0.3 is 14.4 Å². The van der Waals surface area contributed by atoms with Crippen LogP contribution < -0.4 is 4.74 Å². The highest BCUT2D eigenvalue weighted by Crippen LogP contribution is 2.29. The number of pyridine rings is 1. The molecule has 0 unspecified atom stereocenters. The summed E-state index contributed by atoms with van der Waals surface area (Å²) in [5.74, 6) is 1.45. The summed E-state index contributed by atoms with van der Waals surface area (Å²) in [6.07, 6.45) is 12.8. The van der Waals surface area contributed by atoms with E-state index in [1.54, 1.807) is 15.8 Å². The van der Waals surface area contributed by atoms with Crippen molar-refractivity contribution in [3.63, 3.8) is 0 Å². The van der Waals surface area contributed by atoms with Crippen LogP contribution in [0.25, 0.3) is 11.3 Å². The number of hydrogen-bond donors (Lipinski definition) is 0. The molecule has 4 rings (SSSR count). The predicted octanol–water partition coefficient (Wildman–Crippen LogP) is 5.26. The van der Waals surface area contributed by atoms with E-state index in [1.165, 1.54) is 44.9 Å². The van der Waals surface area contributed by atoms with E-state index in [4.69, 9.17) is 14.5 Å². The molecular weight excluding hydrogens is 404 g/mol. The number of nitrogens with zero attached hydrogens (tertiary/aromatic N) is 4. The van der Waals surface area contributed by atoms with Crippen LogP contribution in [-0.2, 0) is 18.4 Å². The van der Waals surface area contributed by atoms with Crippen molar-refractivity contribution >= 4 is 6.09 Å². The fraction of sp³-hybridized carbons (Fsp3) is 0.640. The van der Waals surface area contributed by atoms with Crippen LogP contribution in [0.3, 0.4) is 0 Å². The lowest BCUT2D eigenvalue weighted by molar-refractivity contribution is 0.0977. The number of carbonyl (C=O) groups is 1. The Hall–Kier alpha value is -2.57. The van der Waals surface area contributed by atoms with E-state index in [-0.39, 0.29) is 12.7 Å². The fourth-order valence-electron chi connectivity index (χ4n) is 4.93. The zero-order valence-corrected chi connectivity index (χ0v) is 19.7. The molecule has 2 heterocycles. The van der Waals surface area contributed by atoms with Crippen LogP contribution in [0.1, 0.15) is 69.2 Å². The number of hydrogen-bond acceptors (Lipinski definition) is 5. The molecule has 0 aliphatic heterocycles. The Bertz CT molecular complexity index is 914. The number of aryl methyl sites for hydroxylation is 2. The largest absolute Gasteiger partial charge is 0.489 e.